The van der Waals surface area contributed by atoms with E-state index in [1.165, 1.54) is 12.5 Å². The molecule has 130 valence electrons. The van der Waals surface area contributed by atoms with Crippen molar-refractivity contribution in [3.63, 3.8) is 0 Å². The van der Waals surface area contributed by atoms with Crippen molar-refractivity contribution in [3.05, 3.63) is 40.9 Å². The number of rotatable bonds is 5. The van der Waals surface area contributed by atoms with Crippen molar-refractivity contribution < 1.29 is 14.3 Å². The number of ether oxygens (including phenoxy) is 1. The average Bonchev–Trinajstić information content (AvgIpc) is 2.56. The SMILES string of the molecule is C[C@@H](OC(=O)/C=C/c1ccccc1Cl)C(=O)N[C@H]1CCCC[C@@H]1C. The lowest BCUT2D eigenvalue weighted by atomic mass is 9.86. The van der Waals surface area contributed by atoms with E-state index in [1.54, 1.807) is 25.1 Å². The Kier molecular flexibility index (Phi) is 6.85. The van der Waals surface area contributed by atoms with Gasteiger partial charge in [-0.25, -0.2) is 4.79 Å². The minimum absolute atomic E-state index is 0.172. The van der Waals surface area contributed by atoms with E-state index < -0.39 is 12.1 Å². The maximum absolute atomic E-state index is 12.2. The Balaban J connectivity index is 1.84. The molecule has 1 aliphatic carbocycles. The van der Waals surface area contributed by atoms with Gasteiger partial charge in [0.15, 0.2) is 6.10 Å². The summed E-state index contributed by atoms with van der Waals surface area (Å²) in [5.41, 5.74) is 0.726. The van der Waals surface area contributed by atoms with Crippen LogP contribution in [0, 0.1) is 5.92 Å². The minimum Gasteiger partial charge on any atom is -0.449 e. The summed E-state index contributed by atoms with van der Waals surface area (Å²) < 4.78 is 5.17. The molecule has 1 fully saturated rings. The Hall–Kier alpha value is -1.81. The van der Waals surface area contributed by atoms with E-state index in [9.17, 15) is 9.59 Å². The number of hydrogen-bond acceptors (Lipinski definition) is 3. The maximum Gasteiger partial charge on any atom is 0.331 e. The molecule has 0 spiro atoms. The number of amides is 1. The van der Waals surface area contributed by atoms with Gasteiger partial charge in [-0.1, -0.05) is 49.6 Å². The van der Waals surface area contributed by atoms with E-state index in [2.05, 4.69) is 12.2 Å². The van der Waals surface area contributed by atoms with Gasteiger partial charge in [0.25, 0.3) is 5.91 Å². The molecule has 0 radical (unpaired) electrons. The topological polar surface area (TPSA) is 55.4 Å². The Morgan fingerprint density at radius 2 is 2.00 bits per heavy atom. The van der Waals surface area contributed by atoms with Crippen molar-refractivity contribution >= 4 is 29.6 Å². The number of halogens is 1. The zero-order valence-corrected chi connectivity index (χ0v) is 14.9. The fraction of sp³-hybridized carbons (Fsp3) is 0.474. The molecule has 24 heavy (non-hydrogen) atoms. The third-order valence-electron chi connectivity index (χ3n) is 4.41. The highest BCUT2D eigenvalue weighted by molar-refractivity contribution is 6.32. The van der Waals surface area contributed by atoms with Crippen molar-refractivity contribution in [2.45, 2.75) is 51.7 Å². The molecule has 0 aromatic heterocycles. The van der Waals surface area contributed by atoms with Gasteiger partial charge in [-0.3, -0.25) is 4.79 Å². The summed E-state index contributed by atoms with van der Waals surface area (Å²) in [4.78, 5) is 24.1. The molecule has 1 N–H and O–H groups in total. The largest absolute Gasteiger partial charge is 0.449 e. The van der Waals surface area contributed by atoms with E-state index in [0.717, 1.165) is 24.8 Å². The number of nitrogens with one attached hydrogen (secondary N) is 1. The summed E-state index contributed by atoms with van der Waals surface area (Å²) in [5, 5.41) is 3.55. The number of carbonyl (C=O) groups is 2. The Labute approximate surface area is 148 Å². The lowest BCUT2D eigenvalue weighted by Crippen LogP contribution is -2.45. The van der Waals surface area contributed by atoms with Crippen LogP contribution in [0.2, 0.25) is 5.02 Å². The van der Waals surface area contributed by atoms with Crippen molar-refractivity contribution in [3.8, 4) is 0 Å². The minimum atomic E-state index is -0.817. The normalized spacial score (nSPS) is 22.1. The molecule has 0 saturated heterocycles. The highest BCUT2D eigenvalue weighted by atomic mass is 35.5. The molecular formula is C19H24ClNO3. The molecule has 2 rings (SSSR count). The zero-order chi connectivity index (χ0) is 17.5. The summed E-state index contributed by atoms with van der Waals surface area (Å²) in [6.45, 7) is 3.73. The first-order valence-corrected chi connectivity index (χ1v) is 8.78. The van der Waals surface area contributed by atoms with Crippen LogP contribution in [-0.2, 0) is 14.3 Å². The fourth-order valence-electron chi connectivity index (χ4n) is 2.87. The molecule has 1 aromatic rings. The van der Waals surface area contributed by atoms with Gasteiger partial charge >= 0.3 is 5.97 Å². The highest BCUT2D eigenvalue weighted by Crippen LogP contribution is 2.23. The summed E-state index contributed by atoms with van der Waals surface area (Å²) >= 11 is 6.02. The standard InChI is InChI=1S/C19H24ClNO3/c1-13-7-3-6-10-17(13)21-19(23)14(2)24-18(22)12-11-15-8-4-5-9-16(15)20/h4-5,8-9,11-14,17H,3,6-7,10H2,1-2H3,(H,21,23)/b12-11+/t13-,14+,17-/m0/s1. The smallest absolute Gasteiger partial charge is 0.331 e. The van der Waals surface area contributed by atoms with Gasteiger partial charge in [-0.2, -0.15) is 0 Å². The summed E-state index contributed by atoms with van der Waals surface area (Å²) in [6.07, 6.45) is 6.50. The second-order valence-electron chi connectivity index (χ2n) is 6.31. The molecule has 5 heteroatoms. The zero-order valence-electron chi connectivity index (χ0n) is 14.1. The molecule has 1 amide bonds. The van der Waals surface area contributed by atoms with Crippen LogP contribution in [0.25, 0.3) is 6.08 Å². The number of hydrogen-bond donors (Lipinski definition) is 1. The third kappa shape index (κ3) is 5.38. The molecule has 3 atom stereocenters. The van der Waals surface area contributed by atoms with Crippen molar-refractivity contribution in [1.82, 2.24) is 5.32 Å². The van der Waals surface area contributed by atoms with Gasteiger partial charge in [0.1, 0.15) is 0 Å². The maximum atomic E-state index is 12.2. The first kappa shape index (κ1) is 18.5. The predicted octanol–water partition coefficient (Wildman–Crippen LogP) is 3.98. The monoisotopic (exact) mass is 349 g/mol. The van der Waals surface area contributed by atoms with Crippen LogP contribution in [0.5, 0.6) is 0 Å². The summed E-state index contributed by atoms with van der Waals surface area (Å²) in [6, 6.07) is 7.36. The van der Waals surface area contributed by atoms with Gasteiger partial charge in [0, 0.05) is 17.1 Å². The Bertz CT molecular complexity index is 614. The Morgan fingerprint density at radius 1 is 1.29 bits per heavy atom. The van der Waals surface area contributed by atoms with Crippen LogP contribution >= 0.6 is 11.6 Å². The number of carbonyl (C=O) groups excluding carboxylic acids is 2. The lowest BCUT2D eigenvalue weighted by molar-refractivity contribution is -0.150. The quantitative estimate of drug-likeness (QED) is 0.646. The van der Waals surface area contributed by atoms with Crippen molar-refractivity contribution in [1.29, 1.82) is 0 Å². The second-order valence-corrected chi connectivity index (χ2v) is 6.72. The van der Waals surface area contributed by atoms with Gasteiger partial charge in [0.2, 0.25) is 0 Å². The fourth-order valence-corrected chi connectivity index (χ4v) is 3.06. The van der Waals surface area contributed by atoms with Crippen LogP contribution in [0.4, 0.5) is 0 Å². The first-order valence-electron chi connectivity index (χ1n) is 8.41. The van der Waals surface area contributed by atoms with Crippen LogP contribution in [0.3, 0.4) is 0 Å². The average molecular weight is 350 g/mol. The van der Waals surface area contributed by atoms with Gasteiger partial charge in [-0.15, -0.1) is 0 Å². The second kappa shape index (κ2) is 8.88. The van der Waals surface area contributed by atoms with Crippen molar-refractivity contribution in [2.24, 2.45) is 5.92 Å². The van der Waals surface area contributed by atoms with Crippen LogP contribution in [0.15, 0.2) is 30.3 Å². The molecule has 0 bridgehead atoms. The van der Waals surface area contributed by atoms with Crippen LogP contribution in [-0.4, -0.2) is 24.0 Å². The van der Waals surface area contributed by atoms with Gasteiger partial charge < -0.3 is 10.1 Å². The molecule has 0 aliphatic heterocycles. The predicted molar refractivity (Wildman–Crippen MR) is 95.6 cm³/mol. The molecule has 1 aliphatic rings. The Morgan fingerprint density at radius 3 is 2.71 bits per heavy atom. The summed E-state index contributed by atoms with van der Waals surface area (Å²) in [5.74, 6) is -0.340. The molecule has 0 heterocycles. The molecule has 1 saturated carbocycles. The van der Waals surface area contributed by atoms with E-state index in [1.807, 2.05) is 12.1 Å². The molecule has 0 unspecified atom stereocenters. The van der Waals surface area contributed by atoms with Gasteiger partial charge in [0.05, 0.1) is 0 Å². The summed E-state index contributed by atoms with van der Waals surface area (Å²) in [7, 11) is 0. The third-order valence-corrected chi connectivity index (χ3v) is 4.75. The van der Waals surface area contributed by atoms with E-state index in [4.69, 9.17) is 16.3 Å². The van der Waals surface area contributed by atoms with E-state index in [0.29, 0.717) is 10.9 Å². The molecule has 1 aromatic carbocycles. The molecular weight excluding hydrogens is 326 g/mol. The van der Waals surface area contributed by atoms with E-state index >= 15 is 0 Å². The highest BCUT2D eigenvalue weighted by Gasteiger charge is 2.25. The van der Waals surface area contributed by atoms with Gasteiger partial charge in [-0.05, 0) is 43.4 Å². The van der Waals surface area contributed by atoms with E-state index in [-0.39, 0.29) is 11.9 Å². The number of esters is 1. The van der Waals surface area contributed by atoms with Crippen LogP contribution < -0.4 is 5.32 Å². The molecule has 4 nitrogen and oxygen atoms in total. The number of benzene rings is 1. The van der Waals surface area contributed by atoms with Crippen LogP contribution in [0.1, 0.15) is 45.1 Å². The first-order chi connectivity index (χ1) is 11.5. The lowest BCUT2D eigenvalue weighted by Gasteiger charge is -2.30. The van der Waals surface area contributed by atoms with Crippen molar-refractivity contribution in [2.75, 3.05) is 0 Å².